The fourth-order valence-electron chi connectivity index (χ4n) is 1.65. The molecule has 2 rings (SSSR count). The van der Waals surface area contributed by atoms with E-state index in [4.69, 9.17) is 5.11 Å². The van der Waals surface area contributed by atoms with Gasteiger partial charge in [0.15, 0.2) is 0 Å². The lowest BCUT2D eigenvalue weighted by Crippen LogP contribution is -2.18. The molecule has 0 saturated carbocycles. The van der Waals surface area contributed by atoms with Crippen LogP contribution in [-0.4, -0.2) is 17.0 Å². The normalized spacial score (nSPS) is 11.8. The zero-order chi connectivity index (χ0) is 13.8. The molecule has 0 fully saturated rings. The minimum absolute atomic E-state index is 0.152. The zero-order valence-corrected chi connectivity index (χ0v) is 11.1. The maximum absolute atomic E-state index is 12.0. The molecule has 5 heteroatoms. The second-order valence-electron chi connectivity index (χ2n) is 4.15. The number of hydrogen-bond acceptors (Lipinski definition) is 3. The van der Waals surface area contributed by atoms with Crippen LogP contribution in [0, 0.1) is 0 Å². The van der Waals surface area contributed by atoms with Crippen LogP contribution >= 0.6 is 11.3 Å². The van der Waals surface area contributed by atoms with E-state index >= 15 is 0 Å². The largest absolute Gasteiger partial charge is 0.478 e. The molecule has 0 aliphatic heterocycles. The summed E-state index contributed by atoms with van der Waals surface area (Å²) in [5, 5.41) is 15.5. The first-order valence-electron chi connectivity index (χ1n) is 5.74. The molecule has 0 bridgehead atoms. The number of carbonyl (C=O) groups is 2. The molecule has 1 atom stereocenters. The van der Waals surface area contributed by atoms with Crippen molar-refractivity contribution in [3.8, 4) is 0 Å². The molecule has 4 nitrogen and oxygen atoms in total. The monoisotopic (exact) mass is 275 g/mol. The summed E-state index contributed by atoms with van der Waals surface area (Å²) in [4.78, 5) is 22.9. The van der Waals surface area contributed by atoms with Crippen molar-refractivity contribution in [2.24, 2.45) is 0 Å². The van der Waals surface area contributed by atoms with Crippen LogP contribution in [0.1, 0.15) is 28.8 Å². The van der Waals surface area contributed by atoms with Gasteiger partial charge in [0.25, 0.3) is 0 Å². The number of benzene rings is 1. The molecule has 1 amide bonds. The minimum atomic E-state index is -1.01. The van der Waals surface area contributed by atoms with Crippen LogP contribution in [0.15, 0.2) is 41.1 Å². The second-order valence-corrected chi connectivity index (χ2v) is 4.93. The lowest BCUT2D eigenvalue weighted by molar-refractivity contribution is -0.117. The van der Waals surface area contributed by atoms with Gasteiger partial charge in [-0.2, -0.15) is 11.3 Å². The van der Waals surface area contributed by atoms with Crippen LogP contribution in [-0.2, 0) is 4.79 Å². The molecular weight excluding hydrogens is 262 g/mol. The van der Waals surface area contributed by atoms with Crippen LogP contribution in [0.4, 0.5) is 5.69 Å². The highest BCUT2D eigenvalue weighted by Crippen LogP contribution is 2.20. The van der Waals surface area contributed by atoms with Gasteiger partial charge in [-0.1, -0.05) is 6.07 Å². The summed E-state index contributed by atoms with van der Waals surface area (Å²) >= 11 is 1.54. The lowest BCUT2D eigenvalue weighted by Gasteiger charge is -2.11. The zero-order valence-electron chi connectivity index (χ0n) is 10.3. The van der Waals surface area contributed by atoms with Crippen molar-refractivity contribution >= 4 is 28.9 Å². The number of anilines is 1. The fraction of sp³-hybridized carbons (Fsp3) is 0.143. The summed E-state index contributed by atoms with van der Waals surface area (Å²) < 4.78 is 0. The molecule has 2 N–H and O–H groups in total. The van der Waals surface area contributed by atoms with Crippen LogP contribution < -0.4 is 5.32 Å². The number of rotatable bonds is 4. The Labute approximate surface area is 114 Å². The molecule has 0 unspecified atom stereocenters. The first-order valence-corrected chi connectivity index (χ1v) is 6.68. The first-order chi connectivity index (χ1) is 9.08. The summed E-state index contributed by atoms with van der Waals surface area (Å²) in [6.07, 6.45) is 0. The van der Waals surface area contributed by atoms with Crippen LogP contribution in [0.25, 0.3) is 0 Å². The Morgan fingerprint density at radius 1 is 1.32 bits per heavy atom. The van der Waals surface area contributed by atoms with E-state index in [-0.39, 0.29) is 17.4 Å². The third-order valence-corrected chi connectivity index (χ3v) is 3.51. The van der Waals surface area contributed by atoms with Gasteiger partial charge in [0.05, 0.1) is 11.5 Å². The van der Waals surface area contributed by atoms with Crippen molar-refractivity contribution in [1.82, 2.24) is 0 Å². The van der Waals surface area contributed by atoms with Gasteiger partial charge in [0, 0.05) is 5.69 Å². The number of nitrogens with one attached hydrogen (secondary N) is 1. The second kappa shape index (κ2) is 5.67. The highest BCUT2D eigenvalue weighted by molar-refractivity contribution is 7.08. The Morgan fingerprint density at radius 3 is 2.74 bits per heavy atom. The Hall–Kier alpha value is -2.14. The van der Waals surface area contributed by atoms with E-state index in [1.54, 1.807) is 23.5 Å². The Bertz CT molecular complexity index is 592. The summed E-state index contributed by atoms with van der Waals surface area (Å²) in [7, 11) is 0. The fourth-order valence-corrected chi connectivity index (χ4v) is 2.41. The van der Waals surface area contributed by atoms with Gasteiger partial charge in [0.1, 0.15) is 0 Å². The van der Waals surface area contributed by atoms with Gasteiger partial charge >= 0.3 is 5.97 Å². The molecular formula is C14H13NO3S. The van der Waals surface area contributed by atoms with Gasteiger partial charge in [-0.3, -0.25) is 4.79 Å². The number of carboxylic acid groups (broad SMARTS) is 1. The number of amides is 1. The third-order valence-electron chi connectivity index (χ3n) is 2.81. The van der Waals surface area contributed by atoms with Gasteiger partial charge < -0.3 is 10.4 Å². The van der Waals surface area contributed by atoms with Crippen LogP contribution in [0.3, 0.4) is 0 Å². The van der Waals surface area contributed by atoms with Gasteiger partial charge in [-0.05, 0) is 47.5 Å². The molecule has 19 heavy (non-hydrogen) atoms. The van der Waals surface area contributed by atoms with E-state index in [1.165, 1.54) is 12.1 Å². The topological polar surface area (TPSA) is 66.4 Å². The quantitative estimate of drug-likeness (QED) is 0.900. The third kappa shape index (κ3) is 3.20. The Balaban J connectivity index is 2.11. The molecule has 1 heterocycles. The minimum Gasteiger partial charge on any atom is -0.478 e. The molecule has 0 spiro atoms. The molecule has 0 aliphatic carbocycles. The van der Waals surface area contributed by atoms with E-state index in [9.17, 15) is 9.59 Å². The maximum atomic E-state index is 12.0. The molecule has 0 aliphatic rings. The molecule has 0 saturated heterocycles. The van der Waals surface area contributed by atoms with Gasteiger partial charge in [0.2, 0.25) is 5.91 Å². The number of aromatic carboxylic acids is 1. The molecule has 98 valence electrons. The highest BCUT2D eigenvalue weighted by atomic mass is 32.1. The summed E-state index contributed by atoms with van der Waals surface area (Å²) in [6.45, 7) is 1.82. The summed E-state index contributed by atoms with van der Waals surface area (Å²) in [5.41, 5.74) is 1.60. The summed E-state index contributed by atoms with van der Waals surface area (Å²) in [5.74, 6) is -1.43. The molecule has 1 aromatic heterocycles. The smallest absolute Gasteiger partial charge is 0.335 e. The van der Waals surface area contributed by atoms with E-state index in [0.717, 1.165) is 5.56 Å². The van der Waals surface area contributed by atoms with Crippen molar-refractivity contribution < 1.29 is 14.7 Å². The van der Waals surface area contributed by atoms with E-state index in [1.807, 2.05) is 23.8 Å². The van der Waals surface area contributed by atoms with Crippen LogP contribution in [0.2, 0.25) is 0 Å². The average Bonchev–Trinajstić information content (AvgIpc) is 2.92. The van der Waals surface area contributed by atoms with Gasteiger partial charge in [-0.15, -0.1) is 0 Å². The average molecular weight is 275 g/mol. The standard InChI is InChI=1S/C14H13NO3S/c1-9(11-5-6-19-8-11)13(16)15-12-4-2-3-10(7-12)14(17)18/h2-9H,1H3,(H,15,16)(H,17,18)/t9-/m0/s1. The van der Waals surface area contributed by atoms with Crippen molar-refractivity contribution in [2.45, 2.75) is 12.8 Å². The summed E-state index contributed by atoms with van der Waals surface area (Å²) in [6, 6.07) is 8.11. The maximum Gasteiger partial charge on any atom is 0.335 e. The van der Waals surface area contributed by atoms with Crippen molar-refractivity contribution in [1.29, 1.82) is 0 Å². The number of carboxylic acids is 1. The highest BCUT2D eigenvalue weighted by Gasteiger charge is 2.16. The van der Waals surface area contributed by atoms with Crippen molar-refractivity contribution in [3.63, 3.8) is 0 Å². The number of carbonyl (C=O) groups excluding carboxylic acids is 1. The van der Waals surface area contributed by atoms with Crippen molar-refractivity contribution in [2.75, 3.05) is 5.32 Å². The molecule has 0 radical (unpaired) electrons. The number of hydrogen-bond donors (Lipinski definition) is 2. The molecule has 1 aromatic carbocycles. The van der Waals surface area contributed by atoms with E-state index < -0.39 is 5.97 Å². The van der Waals surface area contributed by atoms with Crippen molar-refractivity contribution in [3.05, 3.63) is 52.2 Å². The van der Waals surface area contributed by atoms with E-state index in [0.29, 0.717) is 5.69 Å². The number of thiophene rings is 1. The Morgan fingerprint density at radius 2 is 2.11 bits per heavy atom. The Kier molecular flexibility index (Phi) is 3.97. The molecule has 2 aromatic rings. The predicted molar refractivity (Wildman–Crippen MR) is 74.8 cm³/mol. The SMILES string of the molecule is C[C@H](C(=O)Nc1cccc(C(=O)O)c1)c1ccsc1. The predicted octanol–water partition coefficient (Wildman–Crippen LogP) is 3.19. The van der Waals surface area contributed by atoms with Crippen LogP contribution in [0.5, 0.6) is 0 Å². The van der Waals surface area contributed by atoms with E-state index in [2.05, 4.69) is 5.32 Å². The lowest BCUT2D eigenvalue weighted by atomic mass is 10.0. The first kappa shape index (κ1) is 13.3. The van der Waals surface area contributed by atoms with Gasteiger partial charge in [-0.25, -0.2) is 4.79 Å².